The van der Waals surface area contributed by atoms with Gasteiger partial charge in [-0.05, 0) is 30.7 Å². The first-order valence-corrected chi connectivity index (χ1v) is 7.87. The molecule has 0 radical (unpaired) electrons. The standard InChI is InChI=1S/C17H20BrNO2/c1-2-9-21-17-8-7-15(18)10-14(17)11-19-16-6-4-3-5-13(16)12-20/h3-8,10,19-20H,2,9,11-12H2,1H3. The van der Waals surface area contributed by atoms with Gasteiger partial charge in [-0.1, -0.05) is 41.1 Å². The predicted molar refractivity (Wildman–Crippen MR) is 89.6 cm³/mol. The Morgan fingerprint density at radius 2 is 1.95 bits per heavy atom. The summed E-state index contributed by atoms with van der Waals surface area (Å²) in [6.45, 7) is 3.48. The van der Waals surface area contributed by atoms with Crippen molar-refractivity contribution in [2.24, 2.45) is 0 Å². The molecule has 2 aromatic rings. The van der Waals surface area contributed by atoms with Gasteiger partial charge in [-0.3, -0.25) is 0 Å². The van der Waals surface area contributed by atoms with Crippen LogP contribution in [0.25, 0.3) is 0 Å². The third-order valence-electron chi connectivity index (χ3n) is 3.14. The number of aliphatic hydroxyl groups is 1. The summed E-state index contributed by atoms with van der Waals surface area (Å²) in [6.07, 6.45) is 0.982. The van der Waals surface area contributed by atoms with Gasteiger partial charge in [0, 0.05) is 27.8 Å². The Morgan fingerprint density at radius 1 is 1.14 bits per heavy atom. The van der Waals surface area contributed by atoms with Crippen molar-refractivity contribution >= 4 is 21.6 Å². The lowest BCUT2D eigenvalue weighted by Crippen LogP contribution is -2.05. The van der Waals surface area contributed by atoms with Gasteiger partial charge < -0.3 is 15.2 Å². The van der Waals surface area contributed by atoms with Crippen LogP contribution in [0, 0.1) is 0 Å². The molecule has 0 amide bonds. The second-order valence-corrected chi connectivity index (χ2v) is 5.68. The molecule has 0 saturated heterocycles. The van der Waals surface area contributed by atoms with E-state index in [1.165, 1.54) is 0 Å². The summed E-state index contributed by atoms with van der Waals surface area (Å²) in [6, 6.07) is 13.8. The van der Waals surface area contributed by atoms with Crippen LogP contribution in [-0.4, -0.2) is 11.7 Å². The van der Waals surface area contributed by atoms with Crippen molar-refractivity contribution in [3.05, 3.63) is 58.1 Å². The molecule has 2 N–H and O–H groups in total. The van der Waals surface area contributed by atoms with E-state index in [0.717, 1.165) is 33.5 Å². The summed E-state index contributed by atoms with van der Waals surface area (Å²) in [5.74, 6) is 0.897. The van der Waals surface area contributed by atoms with Crippen LogP contribution < -0.4 is 10.1 Å². The van der Waals surface area contributed by atoms with Crippen molar-refractivity contribution in [2.75, 3.05) is 11.9 Å². The zero-order valence-corrected chi connectivity index (χ0v) is 13.7. The van der Waals surface area contributed by atoms with Crippen LogP contribution in [0.1, 0.15) is 24.5 Å². The number of nitrogens with one attached hydrogen (secondary N) is 1. The second kappa shape index (κ2) is 8.05. The summed E-state index contributed by atoms with van der Waals surface area (Å²) in [7, 11) is 0. The summed E-state index contributed by atoms with van der Waals surface area (Å²) in [5.41, 5.74) is 2.93. The van der Waals surface area contributed by atoms with E-state index in [0.29, 0.717) is 13.2 Å². The van der Waals surface area contributed by atoms with Gasteiger partial charge >= 0.3 is 0 Å². The number of rotatable bonds is 7. The zero-order chi connectivity index (χ0) is 15.1. The Morgan fingerprint density at radius 3 is 2.71 bits per heavy atom. The molecular weight excluding hydrogens is 330 g/mol. The quantitative estimate of drug-likeness (QED) is 0.780. The number of hydrogen-bond donors (Lipinski definition) is 2. The van der Waals surface area contributed by atoms with E-state index in [1.54, 1.807) is 0 Å². The van der Waals surface area contributed by atoms with Gasteiger partial charge in [0.1, 0.15) is 5.75 Å². The van der Waals surface area contributed by atoms with Crippen LogP contribution in [0.5, 0.6) is 5.75 Å². The smallest absolute Gasteiger partial charge is 0.124 e. The number of hydrogen-bond acceptors (Lipinski definition) is 3. The second-order valence-electron chi connectivity index (χ2n) is 4.77. The third-order valence-corrected chi connectivity index (χ3v) is 3.63. The van der Waals surface area contributed by atoms with Gasteiger partial charge in [-0.25, -0.2) is 0 Å². The Kier molecular flexibility index (Phi) is 6.08. The highest BCUT2D eigenvalue weighted by molar-refractivity contribution is 9.10. The van der Waals surface area contributed by atoms with Crippen LogP contribution in [0.4, 0.5) is 5.69 Å². The van der Waals surface area contributed by atoms with Gasteiger partial charge in [0.05, 0.1) is 13.2 Å². The zero-order valence-electron chi connectivity index (χ0n) is 12.1. The van der Waals surface area contributed by atoms with E-state index in [4.69, 9.17) is 4.74 Å². The van der Waals surface area contributed by atoms with Gasteiger partial charge in [0.15, 0.2) is 0 Å². The largest absolute Gasteiger partial charge is 0.493 e. The lowest BCUT2D eigenvalue weighted by atomic mass is 10.1. The predicted octanol–water partition coefficient (Wildman–Crippen LogP) is 4.34. The molecule has 0 bridgehead atoms. The Hall–Kier alpha value is -1.52. The van der Waals surface area contributed by atoms with Gasteiger partial charge in [-0.15, -0.1) is 0 Å². The minimum absolute atomic E-state index is 0.0286. The van der Waals surface area contributed by atoms with E-state index >= 15 is 0 Å². The lowest BCUT2D eigenvalue weighted by Gasteiger charge is -2.14. The average molecular weight is 350 g/mol. The molecule has 112 valence electrons. The van der Waals surface area contributed by atoms with E-state index in [-0.39, 0.29) is 6.61 Å². The molecule has 21 heavy (non-hydrogen) atoms. The average Bonchev–Trinajstić information content (AvgIpc) is 2.52. The van der Waals surface area contributed by atoms with Crippen LogP contribution >= 0.6 is 15.9 Å². The molecule has 3 nitrogen and oxygen atoms in total. The molecule has 0 unspecified atom stereocenters. The Bertz CT molecular complexity index is 587. The molecule has 0 spiro atoms. The van der Waals surface area contributed by atoms with E-state index in [2.05, 4.69) is 34.2 Å². The molecule has 0 aliphatic rings. The van der Waals surface area contributed by atoms with Crippen molar-refractivity contribution in [3.8, 4) is 5.75 Å². The molecule has 4 heteroatoms. The van der Waals surface area contributed by atoms with Gasteiger partial charge in [0.2, 0.25) is 0 Å². The van der Waals surface area contributed by atoms with Gasteiger partial charge in [-0.2, -0.15) is 0 Å². The van der Waals surface area contributed by atoms with Crippen molar-refractivity contribution in [1.29, 1.82) is 0 Å². The van der Waals surface area contributed by atoms with Crippen LogP contribution in [0.15, 0.2) is 46.9 Å². The highest BCUT2D eigenvalue weighted by atomic mass is 79.9. The third kappa shape index (κ3) is 4.48. The molecule has 0 saturated carbocycles. The first kappa shape index (κ1) is 15.9. The van der Waals surface area contributed by atoms with E-state index in [9.17, 15) is 5.11 Å². The highest BCUT2D eigenvalue weighted by Crippen LogP contribution is 2.25. The molecule has 0 atom stereocenters. The number of anilines is 1. The number of benzene rings is 2. The van der Waals surface area contributed by atoms with Crippen molar-refractivity contribution < 1.29 is 9.84 Å². The molecule has 0 aromatic heterocycles. The monoisotopic (exact) mass is 349 g/mol. The maximum Gasteiger partial charge on any atom is 0.124 e. The van der Waals surface area contributed by atoms with E-state index < -0.39 is 0 Å². The number of ether oxygens (including phenoxy) is 1. The maximum atomic E-state index is 9.36. The normalized spacial score (nSPS) is 10.4. The van der Waals surface area contributed by atoms with Crippen LogP contribution in [0.2, 0.25) is 0 Å². The fraction of sp³-hybridized carbons (Fsp3) is 0.294. The van der Waals surface area contributed by atoms with E-state index in [1.807, 2.05) is 36.4 Å². The molecule has 2 rings (SSSR count). The van der Waals surface area contributed by atoms with Gasteiger partial charge in [0.25, 0.3) is 0 Å². The fourth-order valence-corrected chi connectivity index (χ4v) is 2.47. The minimum atomic E-state index is 0.0286. The molecule has 0 aliphatic heterocycles. The summed E-state index contributed by atoms with van der Waals surface area (Å²) in [4.78, 5) is 0. The topological polar surface area (TPSA) is 41.5 Å². The molecule has 0 aliphatic carbocycles. The van der Waals surface area contributed by atoms with Crippen LogP contribution in [-0.2, 0) is 13.2 Å². The summed E-state index contributed by atoms with van der Waals surface area (Å²) < 4.78 is 6.80. The van der Waals surface area contributed by atoms with Crippen LogP contribution in [0.3, 0.4) is 0 Å². The lowest BCUT2D eigenvalue weighted by molar-refractivity contribution is 0.282. The summed E-state index contributed by atoms with van der Waals surface area (Å²) >= 11 is 3.50. The number of halogens is 1. The minimum Gasteiger partial charge on any atom is -0.493 e. The molecule has 0 fully saturated rings. The molecule has 2 aromatic carbocycles. The number of aliphatic hydroxyl groups excluding tert-OH is 1. The van der Waals surface area contributed by atoms with Crippen molar-refractivity contribution in [3.63, 3.8) is 0 Å². The Labute approximate surface area is 134 Å². The maximum absolute atomic E-state index is 9.36. The van der Waals surface area contributed by atoms with Crippen molar-refractivity contribution in [1.82, 2.24) is 0 Å². The summed E-state index contributed by atoms with van der Waals surface area (Å²) in [5, 5.41) is 12.7. The van der Waals surface area contributed by atoms with Crippen molar-refractivity contribution in [2.45, 2.75) is 26.5 Å². The molecular formula is C17H20BrNO2. The first-order chi connectivity index (χ1) is 10.2. The number of para-hydroxylation sites is 1. The Balaban J connectivity index is 2.13. The molecule has 0 heterocycles. The highest BCUT2D eigenvalue weighted by Gasteiger charge is 2.06. The SMILES string of the molecule is CCCOc1ccc(Br)cc1CNc1ccccc1CO. The fourth-order valence-electron chi connectivity index (χ4n) is 2.06. The first-order valence-electron chi connectivity index (χ1n) is 7.08.